The number of nitrogens with one attached hydrogen (secondary N) is 1. The quantitative estimate of drug-likeness (QED) is 0.804. The lowest BCUT2D eigenvalue weighted by Crippen LogP contribution is -2.51. The number of carbonyl (C=O) groups is 1. The summed E-state index contributed by atoms with van der Waals surface area (Å²) in [4.78, 5) is 12.5. The van der Waals surface area contributed by atoms with Crippen LogP contribution in [0.15, 0.2) is 17.5 Å². The zero-order valence-electron chi connectivity index (χ0n) is 9.99. The third kappa shape index (κ3) is 2.62. The molecule has 1 rings (SSSR count). The van der Waals surface area contributed by atoms with Crippen LogP contribution in [-0.4, -0.2) is 16.6 Å². The highest BCUT2D eigenvalue weighted by Gasteiger charge is 2.36. The highest BCUT2D eigenvalue weighted by atomic mass is 32.1. The molecule has 1 atom stereocenters. The lowest BCUT2D eigenvalue weighted by atomic mass is 9.92. The standard InChI is InChI=1S/C12H19NO2S/c1-4-12(5-2,11(14)15)13-9(3)10-7-6-8-16-10/h6-9,13H,4-5H2,1-3H3,(H,14,15). The largest absolute Gasteiger partial charge is 0.480 e. The van der Waals surface area contributed by atoms with Crippen LogP contribution >= 0.6 is 11.3 Å². The maximum Gasteiger partial charge on any atom is 0.323 e. The second-order valence-electron chi connectivity index (χ2n) is 3.98. The van der Waals surface area contributed by atoms with Crippen molar-refractivity contribution in [2.24, 2.45) is 0 Å². The second kappa shape index (κ2) is 5.46. The van der Waals surface area contributed by atoms with Crippen molar-refractivity contribution in [2.75, 3.05) is 0 Å². The van der Waals surface area contributed by atoms with Crippen molar-refractivity contribution in [1.82, 2.24) is 5.32 Å². The molecule has 16 heavy (non-hydrogen) atoms. The number of hydrogen-bond acceptors (Lipinski definition) is 3. The summed E-state index contributed by atoms with van der Waals surface area (Å²) in [6.45, 7) is 5.83. The van der Waals surface area contributed by atoms with Crippen LogP contribution in [0.4, 0.5) is 0 Å². The average Bonchev–Trinajstić information content (AvgIpc) is 2.78. The molecule has 0 fully saturated rings. The Labute approximate surface area is 100 Å². The first-order chi connectivity index (χ1) is 7.55. The van der Waals surface area contributed by atoms with Crippen LogP contribution in [0, 0.1) is 0 Å². The molecule has 0 radical (unpaired) electrons. The van der Waals surface area contributed by atoms with Crippen molar-refractivity contribution < 1.29 is 9.90 Å². The van der Waals surface area contributed by atoms with E-state index in [1.165, 1.54) is 4.88 Å². The first-order valence-electron chi connectivity index (χ1n) is 5.60. The van der Waals surface area contributed by atoms with Crippen LogP contribution in [0.25, 0.3) is 0 Å². The van der Waals surface area contributed by atoms with Gasteiger partial charge in [-0.05, 0) is 31.2 Å². The number of thiophene rings is 1. The maximum absolute atomic E-state index is 11.3. The number of carboxylic acid groups (broad SMARTS) is 1. The predicted molar refractivity (Wildman–Crippen MR) is 66.8 cm³/mol. The van der Waals surface area contributed by atoms with Gasteiger partial charge in [-0.3, -0.25) is 10.1 Å². The van der Waals surface area contributed by atoms with E-state index >= 15 is 0 Å². The molecule has 1 aromatic heterocycles. The normalized spacial score (nSPS) is 13.7. The Kier molecular flexibility index (Phi) is 4.50. The molecule has 1 heterocycles. The minimum absolute atomic E-state index is 0.0796. The predicted octanol–water partition coefficient (Wildman–Crippen LogP) is 3.04. The van der Waals surface area contributed by atoms with Gasteiger partial charge >= 0.3 is 5.97 Å². The number of aliphatic carboxylic acids is 1. The molecule has 4 heteroatoms. The summed E-state index contributed by atoms with van der Waals surface area (Å²) in [5.41, 5.74) is -0.802. The maximum atomic E-state index is 11.3. The van der Waals surface area contributed by atoms with E-state index in [0.29, 0.717) is 12.8 Å². The summed E-state index contributed by atoms with van der Waals surface area (Å²) in [5, 5.41) is 14.6. The first kappa shape index (κ1) is 13.2. The van der Waals surface area contributed by atoms with E-state index < -0.39 is 11.5 Å². The SMILES string of the molecule is CCC(CC)(NC(C)c1cccs1)C(=O)O. The van der Waals surface area contributed by atoms with Gasteiger partial charge < -0.3 is 5.11 Å². The number of carboxylic acids is 1. The van der Waals surface area contributed by atoms with E-state index in [4.69, 9.17) is 0 Å². The monoisotopic (exact) mass is 241 g/mol. The van der Waals surface area contributed by atoms with Crippen molar-refractivity contribution >= 4 is 17.3 Å². The molecule has 0 aromatic carbocycles. The molecule has 1 unspecified atom stereocenters. The summed E-state index contributed by atoms with van der Waals surface area (Å²) < 4.78 is 0. The molecule has 2 N–H and O–H groups in total. The summed E-state index contributed by atoms with van der Waals surface area (Å²) >= 11 is 1.65. The van der Waals surface area contributed by atoms with Crippen LogP contribution in [0.1, 0.15) is 44.5 Å². The van der Waals surface area contributed by atoms with Crippen LogP contribution < -0.4 is 5.32 Å². The molecular weight excluding hydrogens is 222 g/mol. The van der Waals surface area contributed by atoms with Crippen molar-refractivity contribution in [2.45, 2.75) is 45.2 Å². The summed E-state index contributed by atoms with van der Waals surface area (Å²) in [7, 11) is 0. The van der Waals surface area contributed by atoms with E-state index in [1.54, 1.807) is 11.3 Å². The van der Waals surface area contributed by atoms with Gasteiger partial charge in [-0.1, -0.05) is 19.9 Å². The molecule has 0 bridgehead atoms. The minimum atomic E-state index is -0.802. The highest BCUT2D eigenvalue weighted by Crippen LogP contribution is 2.24. The molecule has 0 aliphatic rings. The van der Waals surface area contributed by atoms with Gasteiger partial charge in [-0.2, -0.15) is 0 Å². The molecule has 0 spiro atoms. The van der Waals surface area contributed by atoms with Crippen molar-refractivity contribution in [3.63, 3.8) is 0 Å². The lowest BCUT2D eigenvalue weighted by Gasteiger charge is -2.31. The van der Waals surface area contributed by atoms with Gasteiger partial charge in [-0.15, -0.1) is 11.3 Å². The van der Waals surface area contributed by atoms with E-state index in [9.17, 15) is 9.90 Å². The van der Waals surface area contributed by atoms with Gasteiger partial charge in [0.1, 0.15) is 5.54 Å². The van der Waals surface area contributed by atoms with Crippen molar-refractivity contribution in [1.29, 1.82) is 0 Å². The zero-order chi connectivity index (χ0) is 12.2. The highest BCUT2D eigenvalue weighted by molar-refractivity contribution is 7.10. The third-order valence-electron chi connectivity index (χ3n) is 3.08. The first-order valence-corrected chi connectivity index (χ1v) is 6.48. The Balaban J connectivity index is 2.80. The van der Waals surface area contributed by atoms with Gasteiger partial charge in [0.05, 0.1) is 0 Å². The minimum Gasteiger partial charge on any atom is -0.480 e. The van der Waals surface area contributed by atoms with Crippen molar-refractivity contribution in [3.8, 4) is 0 Å². The average molecular weight is 241 g/mol. The molecular formula is C12H19NO2S. The Morgan fingerprint density at radius 3 is 2.56 bits per heavy atom. The Morgan fingerprint density at radius 2 is 2.19 bits per heavy atom. The molecule has 1 aromatic rings. The fraction of sp³-hybridized carbons (Fsp3) is 0.583. The second-order valence-corrected chi connectivity index (χ2v) is 4.96. The molecule has 3 nitrogen and oxygen atoms in total. The van der Waals surface area contributed by atoms with Crippen LogP contribution in [-0.2, 0) is 4.79 Å². The van der Waals surface area contributed by atoms with Crippen LogP contribution in [0.2, 0.25) is 0 Å². The van der Waals surface area contributed by atoms with E-state index in [0.717, 1.165) is 0 Å². The Hall–Kier alpha value is -0.870. The number of hydrogen-bond donors (Lipinski definition) is 2. The third-order valence-corrected chi connectivity index (χ3v) is 4.13. The van der Waals surface area contributed by atoms with Crippen molar-refractivity contribution in [3.05, 3.63) is 22.4 Å². The summed E-state index contributed by atoms with van der Waals surface area (Å²) in [5.74, 6) is -0.763. The van der Waals surface area contributed by atoms with E-state index in [2.05, 4.69) is 5.32 Å². The van der Waals surface area contributed by atoms with Gasteiger partial charge in [0.2, 0.25) is 0 Å². The Morgan fingerprint density at radius 1 is 1.56 bits per heavy atom. The van der Waals surface area contributed by atoms with E-state index in [1.807, 2.05) is 38.3 Å². The molecule has 0 amide bonds. The van der Waals surface area contributed by atoms with Gasteiger partial charge in [-0.25, -0.2) is 0 Å². The molecule has 0 saturated heterocycles. The zero-order valence-corrected chi connectivity index (χ0v) is 10.8. The fourth-order valence-corrected chi connectivity index (χ4v) is 2.58. The molecule has 0 aliphatic heterocycles. The molecule has 0 aliphatic carbocycles. The topological polar surface area (TPSA) is 49.3 Å². The fourth-order valence-electron chi connectivity index (χ4n) is 1.84. The Bertz CT molecular complexity index is 331. The van der Waals surface area contributed by atoms with Gasteiger partial charge in [0.25, 0.3) is 0 Å². The molecule has 0 saturated carbocycles. The van der Waals surface area contributed by atoms with Gasteiger partial charge in [0, 0.05) is 10.9 Å². The summed E-state index contributed by atoms with van der Waals surface area (Å²) in [6, 6.07) is 4.09. The van der Waals surface area contributed by atoms with Gasteiger partial charge in [0.15, 0.2) is 0 Å². The smallest absolute Gasteiger partial charge is 0.323 e. The van der Waals surface area contributed by atoms with Crippen LogP contribution in [0.3, 0.4) is 0 Å². The van der Waals surface area contributed by atoms with Crippen LogP contribution in [0.5, 0.6) is 0 Å². The molecule has 90 valence electrons. The summed E-state index contributed by atoms with van der Waals surface area (Å²) in [6.07, 6.45) is 1.18. The lowest BCUT2D eigenvalue weighted by molar-refractivity contribution is -0.145. The number of rotatable bonds is 6. The van der Waals surface area contributed by atoms with E-state index in [-0.39, 0.29) is 6.04 Å².